The van der Waals surface area contributed by atoms with E-state index in [2.05, 4.69) is 9.97 Å². The van der Waals surface area contributed by atoms with Crippen LogP contribution in [0.5, 0.6) is 0 Å². The van der Waals surface area contributed by atoms with E-state index in [0.717, 1.165) is 4.90 Å². The Bertz CT molecular complexity index is 1430. The van der Waals surface area contributed by atoms with Crippen LogP contribution < -0.4 is 0 Å². The van der Waals surface area contributed by atoms with Crippen molar-refractivity contribution in [1.29, 1.82) is 0 Å². The van der Waals surface area contributed by atoms with Gasteiger partial charge in [0.05, 0.1) is 22.7 Å². The molecule has 6 nitrogen and oxygen atoms in total. The van der Waals surface area contributed by atoms with Gasteiger partial charge in [0.1, 0.15) is 12.1 Å². The molecule has 2 amide bonds. The van der Waals surface area contributed by atoms with Crippen LogP contribution in [0.4, 0.5) is 30.7 Å². The van der Waals surface area contributed by atoms with Crippen molar-refractivity contribution in [3.63, 3.8) is 0 Å². The zero-order valence-corrected chi connectivity index (χ0v) is 22.8. The molecule has 42 heavy (non-hydrogen) atoms. The number of amides is 2. The highest BCUT2D eigenvalue weighted by Gasteiger charge is 2.41. The average molecular weight is 597 g/mol. The third-order valence-electron chi connectivity index (χ3n) is 7.68. The number of hydrogen-bond donors (Lipinski definition) is 0. The number of hydrogen-bond acceptors (Lipinski definition) is 4. The van der Waals surface area contributed by atoms with Crippen molar-refractivity contribution >= 4 is 11.8 Å². The van der Waals surface area contributed by atoms with E-state index in [1.807, 2.05) is 0 Å². The van der Waals surface area contributed by atoms with Crippen LogP contribution in [0, 0.1) is 18.7 Å². The monoisotopic (exact) mass is 596 g/mol. The van der Waals surface area contributed by atoms with Crippen molar-refractivity contribution in [2.75, 3.05) is 20.1 Å². The van der Waals surface area contributed by atoms with E-state index in [1.165, 1.54) is 55.8 Å². The molecular weight excluding hydrogens is 569 g/mol. The smallest absolute Gasteiger partial charge is 0.339 e. The Hall–Kier alpha value is -4.03. The number of likely N-dealkylation sites (tertiary alicyclic amines) is 1. The quantitative estimate of drug-likeness (QED) is 0.319. The molecule has 1 unspecified atom stereocenters. The van der Waals surface area contributed by atoms with E-state index in [1.54, 1.807) is 6.92 Å². The summed E-state index contributed by atoms with van der Waals surface area (Å²) >= 11 is 0. The van der Waals surface area contributed by atoms with E-state index in [9.17, 15) is 40.3 Å². The lowest BCUT2D eigenvalue weighted by Crippen LogP contribution is -2.48. The van der Waals surface area contributed by atoms with Gasteiger partial charge >= 0.3 is 12.4 Å². The normalized spacial score (nSPS) is 18.5. The fraction of sp³-hybridized carbons (Fsp3) is 0.379. The number of alkyl halides is 6. The first-order chi connectivity index (χ1) is 19.6. The number of aryl methyl sites for hydroxylation is 1. The zero-order chi connectivity index (χ0) is 31.0. The molecule has 2 heterocycles. The molecule has 0 N–H and O–H groups in total. The van der Waals surface area contributed by atoms with Crippen LogP contribution in [0.3, 0.4) is 0 Å². The fourth-order valence-electron chi connectivity index (χ4n) is 5.29. The molecule has 2 aromatic carbocycles. The predicted molar refractivity (Wildman–Crippen MR) is 138 cm³/mol. The minimum Gasteiger partial charge on any atom is -0.339 e. The van der Waals surface area contributed by atoms with Gasteiger partial charge in [-0.2, -0.15) is 26.3 Å². The van der Waals surface area contributed by atoms with Gasteiger partial charge in [0, 0.05) is 44.4 Å². The van der Waals surface area contributed by atoms with Crippen LogP contribution in [0.15, 0.2) is 55.1 Å². The third-order valence-corrected chi connectivity index (χ3v) is 7.68. The van der Waals surface area contributed by atoms with Gasteiger partial charge in [0.25, 0.3) is 5.91 Å². The maximum atomic E-state index is 13.9. The number of carbonyl (C=O) groups excluding carboxylic acids is 2. The zero-order valence-electron chi connectivity index (χ0n) is 22.8. The van der Waals surface area contributed by atoms with Gasteiger partial charge in [-0.25, -0.2) is 14.4 Å². The highest BCUT2D eigenvalue weighted by atomic mass is 19.4. The molecule has 0 bridgehead atoms. The second kappa shape index (κ2) is 11.7. The summed E-state index contributed by atoms with van der Waals surface area (Å²) in [6.45, 7) is 3.20. The number of aromatic nitrogens is 2. The van der Waals surface area contributed by atoms with Crippen LogP contribution in [0.2, 0.25) is 0 Å². The molecule has 1 saturated heterocycles. The predicted octanol–water partition coefficient (Wildman–Crippen LogP) is 6.43. The Morgan fingerprint density at radius 3 is 2.12 bits per heavy atom. The molecule has 13 heteroatoms. The first-order valence-electron chi connectivity index (χ1n) is 12.9. The third kappa shape index (κ3) is 6.55. The highest BCUT2D eigenvalue weighted by molar-refractivity contribution is 5.94. The molecule has 0 saturated carbocycles. The van der Waals surface area contributed by atoms with Gasteiger partial charge in [-0.15, -0.1) is 0 Å². The lowest BCUT2D eigenvalue weighted by molar-refractivity contribution is -0.143. The molecule has 0 aliphatic carbocycles. The molecule has 1 aliphatic rings. The summed E-state index contributed by atoms with van der Waals surface area (Å²) in [6, 6.07) is 4.12. The summed E-state index contributed by atoms with van der Waals surface area (Å²) in [5.74, 6) is -2.85. The van der Waals surface area contributed by atoms with Gasteiger partial charge in [-0.05, 0) is 67.3 Å². The Labute approximate surface area is 237 Å². The molecule has 1 aliphatic heterocycles. The number of piperidine rings is 1. The number of rotatable bonds is 5. The number of carbonyl (C=O) groups is 2. The van der Waals surface area contributed by atoms with E-state index in [0.29, 0.717) is 23.3 Å². The van der Waals surface area contributed by atoms with Crippen molar-refractivity contribution in [3.8, 4) is 0 Å². The second-order valence-electron chi connectivity index (χ2n) is 10.3. The first-order valence-corrected chi connectivity index (χ1v) is 12.9. The summed E-state index contributed by atoms with van der Waals surface area (Å²) in [7, 11) is 1.31. The SMILES string of the molecule is Cc1cc(F)ccc1C1CN(C(=O)c2cncnc2)CC[C@@H]1C(=O)N(C)[C@H](C)c1cc(C(F)(F)F)cc(C(F)(F)F)c1. The molecule has 3 aromatic rings. The minimum atomic E-state index is -5.04. The number of benzene rings is 2. The molecule has 1 fully saturated rings. The van der Waals surface area contributed by atoms with Crippen molar-refractivity contribution in [1.82, 2.24) is 19.8 Å². The molecule has 0 radical (unpaired) electrons. The van der Waals surface area contributed by atoms with Crippen LogP contribution in [0.1, 0.15) is 63.5 Å². The summed E-state index contributed by atoms with van der Waals surface area (Å²) < 4.78 is 94.7. The van der Waals surface area contributed by atoms with Gasteiger partial charge in [-0.3, -0.25) is 9.59 Å². The largest absolute Gasteiger partial charge is 0.416 e. The van der Waals surface area contributed by atoms with Gasteiger partial charge < -0.3 is 9.80 Å². The maximum Gasteiger partial charge on any atom is 0.416 e. The van der Waals surface area contributed by atoms with Crippen molar-refractivity contribution in [3.05, 3.63) is 94.3 Å². The Balaban J connectivity index is 1.67. The fourth-order valence-corrected chi connectivity index (χ4v) is 5.29. The van der Waals surface area contributed by atoms with Crippen LogP contribution >= 0.6 is 0 Å². The van der Waals surface area contributed by atoms with Gasteiger partial charge in [0.15, 0.2) is 0 Å². The average Bonchev–Trinajstić information content (AvgIpc) is 2.94. The highest BCUT2D eigenvalue weighted by Crippen LogP contribution is 2.40. The van der Waals surface area contributed by atoms with Crippen molar-refractivity contribution < 1.29 is 40.3 Å². The van der Waals surface area contributed by atoms with E-state index in [-0.39, 0.29) is 42.6 Å². The topological polar surface area (TPSA) is 66.4 Å². The number of nitrogens with zero attached hydrogens (tertiary/aromatic N) is 4. The Morgan fingerprint density at radius 1 is 0.976 bits per heavy atom. The van der Waals surface area contributed by atoms with E-state index >= 15 is 0 Å². The molecule has 1 aromatic heterocycles. The molecular formula is C29H27F7N4O2. The van der Waals surface area contributed by atoms with Crippen molar-refractivity contribution in [2.45, 2.75) is 44.6 Å². The molecule has 0 spiro atoms. The van der Waals surface area contributed by atoms with Crippen molar-refractivity contribution in [2.24, 2.45) is 5.92 Å². The lowest BCUT2D eigenvalue weighted by Gasteiger charge is -2.41. The van der Waals surface area contributed by atoms with Crippen LogP contribution in [-0.4, -0.2) is 51.7 Å². The number of halogens is 7. The summed E-state index contributed by atoms with van der Waals surface area (Å²) in [4.78, 5) is 37.4. The molecule has 3 atom stereocenters. The first kappa shape index (κ1) is 30.9. The standard InChI is InChI=1S/C29H27F7N4O2/c1-16-8-22(30)4-5-23(16)25-14-40(26(41)19-12-37-15-38-13-19)7-6-24(25)27(42)39(3)17(2)18-9-20(28(31,32)33)11-21(10-18)29(34,35)36/h4-5,8-13,15,17,24-25H,6-7,14H2,1-3H3/t17-,24+,25?/m1/s1. The maximum absolute atomic E-state index is 13.9. The van der Waals surface area contributed by atoms with E-state index in [4.69, 9.17) is 0 Å². The summed E-state index contributed by atoms with van der Waals surface area (Å²) in [5.41, 5.74) is -1.94. The summed E-state index contributed by atoms with van der Waals surface area (Å²) in [5, 5.41) is 0. The van der Waals surface area contributed by atoms with E-state index < -0.39 is 53.1 Å². The molecule has 4 rings (SSSR count). The second-order valence-corrected chi connectivity index (χ2v) is 10.3. The molecule has 224 valence electrons. The lowest BCUT2D eigenvalue weighted by atomic mass is 9.78. The van der Waals surface area contributed by atoms with Crippen LogP contribution in [0.25, 0.3) is 0 Å². The Kier molecular flexibility index (Phi) is 8.60. The van der Waals surface area contributed by atoms with Gasteiger partial charge in [-0.1, -0.05) is 6.07 Å². The minimum absolute atomic E-state index is 0.0376. The Morgan fingerprint density at radius 2 is 1.57 bits per heavy atom. The summed E-state index contributed by atoms with van der Waals surface area (Å²) in [6.07, 6.45) is -5.95. The van der Waals surface area contributed by atoms with Crippen LogP contribution in [-0.2, 0) is 17.1 Å². The van der Waals surface area contributed by atoms with Gasteiger partial charge in [0.2, 0.25) is 5.91 Å².